The molecule has 16 heavy (non-hydrogen) atoms. The summed E-state index contributed by atoms with van der Waals surface area (Å²) in [5.41, 5.74) is 7.08. The Hall–Kier alpha value is -0.480. The maximum atomic E-state index is 5.71. The molecule has 0 saturated heterocycles. The van der Waals surface area contributed by atoms with Crippen LogP contribution in [0.1, 0.15) is 32.4 Å². The van der Waals surface area contributed by atoms with Crippen molar-refractivity contribution in [3.8, 4) is 0 Å². The highest BCUT2D eigenvalue weighted by molar-refractivity contribution is 7.99. The fraction of sp³-hybridized carbons (Fsp3) is 0.750. The number of rotatable bonds is 6. The van der Waals surface area contributed by atoms with Crippen LogP contribution in [-0.4, -0.2) is 22.1 Å². The van der Waals surface area contributed by atoms with Crippen molar-refractivity contribution in [2.45, 2.75) is 38.6 Å². The normalized spacial score (nSPS) is 12.1. The van der Waals surface area contributed by atoms with E-state index < -0.39 is 0 Å². The van der Waals surface area contributed by atoms with Crippen molar-refractivity contribution < 1.29 is 0 Å². The molecule has 3 nitrogen and oxygen atoms in total. The maximum absolute atomic E-state index is 5.71. The van der Waals surface area contributed by atoms with E-state index in [2.05, 4.69) is 25.0 Å². The number of aromatic nitrogens is 2. The molecule has 0 aliphatic rings. The first-order valence-electron chi connectivity index (χ1n) is 5.78. The number of hydrogen-bond acceptors (Lipinski definition) is 3. The van der Waals surface area contributed by atoms with Gasteiger partial charge in [0, 0.05) is 7.05 Å². The SMILES string of the molecule is Cc1cc(SCCCC(C)(C)CN)n(C)n1. The lowest BCUT2D eigenvalue weighted by atomic mass is 9.88. The van der Waals surface area contributed by atoms with Crippen LogP contribution in [-0.2, 0) is 7.05 Å². The Kier molecular flexibility index (Phi) is 4.87. The largest absolute Gasteiger partial charge is 0.330 e. The molecule has 0 saturated carbocycles. The highest BCUT2D eigenvalue weighted by Crippen LogP contribution is 2.24. The number of nitrogens with two attached hydrogens (primary N) is 1. The molecule has 0 bridgehead atoms. The van der Waals surface area contributed by atoms with Crippen LogP contribution in [0.5, 0.6) is 0 Å². The summed E-state index contributed by atoms with van der Waals surface area (Å²) in [7, 11) is 2.00. The van der Waals surface area contributed by atoms with Gasteiger partial charge in [0.1, 0.15) is 0 Å². The minimum absolute atomic E-state index is 0.281. The van der Waals surface area contributed by atoms with Crippen LogP contribution in [0.2, 0.25) is 0 Å². The minimum atomic E-state index is 0.281. The van der Waals surface area contributed by atoms with Gasteiger partial charge in [-0.05, 0) is 43.5 Å². The van der Waals surface area contributed by atoms with Gasteiger partial charge in [0.25, 0.3) is 0 Å². The lowest BCUT2D eigenvalue weighted by Crippen LogP contribution is -2.23. The van der Waals surface area contributed by atoms with E-state index in [4.69, 9.17) is 5.73 Å². The summed E-state index contributed by atoms with van der Waals surface area (Å²) in [6, 6.07) is 2.14. The lowest BCUT2D eigenvalue weighted by molar-refractivity contribution is 0.345. The van der Waals surface area contributed by atoms with E-state index in [9.17, 15) is 0 Å². The van der Waals surface area contributed by atoms with Gasteiger partial charge < -0.3 is 5.73 Å². The van der Waals surface area contributed by atoms with Gasteiger partial charge in [-0.15, -0.1) is 11.8 Å². The molecule has 0 aromatic carbocycles. The molecule has 0 amide bonds. The molecule has 1 aromatic heterocycles. The summed E-state index contributed by atoms with van der Waals surface area (Å²) in [5.74, 6) is 1.14. The Morgan fingerprint density at radius 3 is 2.69 bits per heavy atom. The second-order valence-electron chi connectivity index (χ2n) is 5.07. The van der Waals surface area contributed by atoms with Crippen LogP contribution in [0.3, 0.4) is 0 Å². The van der Waals surface area contributed by atoms with Gasteiger partial charge in [0.15, 0.2) is 0 Å². The van der Waals surface area contributed by atoms with Gasteiger partial charge in [0.05, 0.1) is 10.7 Å². The van der Waals surface area contributed by atoms with Crippen molar-refractivity contribution in [1.29, 1.82) is 0 Å². The second-order valence-corrected chi connectivity index (χ2v) is 6.18. The van der Waals surface area contributed by atoms with E-state index in [-0.39, 0.29) is 5.41 Å². The van der Waals surface area contributed by atoms with Gasteiger partial charge in [-0.2, -0.15) is 5.10 Å². The third kappa shape index (κ3) is 4.18. The Labute approximate surface area is 103 Å². The monoisotopic (exact) mass is 241 g/mol. The third-order valence-corrected chi connectivity index (χ3v) is 3.93. The number of nitrogens with zero attached hydrogens (tertiary/aromatic N) is 2. The van der Waals surface area contributed by atoms with Crippen LogP contribution in [0.15, 0.2) is 11.1 Å². The van der Waals surface area contributed by atoms with Gasteiger partial charge in [0.2, 0.25) is 0 Å². The van der Waals surface area contributed by atoms with Crippen LogP contribution in [0.25, 0.3) is 0 Å². The standard InChI is InChI=1S/C12H23N3S/c1-10-8-11(15(4)14-10)16-7-5-6-12(2,3)9-13/h8H,5-7,9,13H2,1-4H3. The zero-order valence-electron chi connectivity index (χ0n) is 10.8. The Morgan fingerprint density at radius 1 is 1.50 bits per heavy atom. The number of aryl methyl sites for hydroxylation is 2. The van der Waals surface area contributed by atoms with Gasteiger partial charge in [-0.3, -0.25) is 4.68 Å². The molecule has 0 spiro atoms. The van der Waals surface area contributed by atoms with E-state index >= 15 is 0 Å². The zero-order valence-corrected chi connectivity index (χ0v) is 11.6. The van der Waals surface area contributed by atoms with Crippen molar-refractivity contribution in [3.05, 3.63) is 11.8 Å². The summed E-state index contributed by atoms with van der Waals surface area (Å²) >= 11 is 1.88. The average molecular weight is 241 g/mol. The molecule has 0 radical (unpaired) electrons. The van der Waals surface area contributed by atoms with Crippen molar-refractivity contribution in [3.63, 3.8) is 0 Å². The molecule has 4 heteroatoms. The van der Waals surface area contributed by atoms with Crippen LogP contribution in [0, 0.1) is 12.3 Å². The molecule has 0 aliphatic heterocycles. The third-order valence-electron chi connectivity index (χ3n) is 2.76. The van der Waals surface area contributed by atoms with Crippen molar-refractivity contribution in [2.24, 2.45) is 18.2 Å². The smallest absolute Gasteiger partial charge is 0.0939 e. The number of thioether (sulfide) groups is 1. The minimum Gasteiger partial charge on any atom is -0.330 e. The van der Waals surface area contributed by atoms with Gasteiger partial charge in [-0.1, -0.05) is 13.8 Å². The van der Waals surface area contributed by atoms with Gasteiger partial charge >= 0.3 is 0 Å². The van der Waals surface area contributed by atoms with E-state index in [0.717, 1.165) is 18.0 Å². The summed E-state index contributed by atoms with van der Waals surface area (Å²) in [6.45, 7) is 7.25. The molecule has 1 heterocycles. The summed E-state index contributed by atoms with van der Waals surface area (Å²) < 4.78 is 1.95. The van der Waals surface area contributed by atoms with Crippen molar-refractivity contribution in [2.75, 3.05) is 12.3 Å². The molecular formula is C12H23N3S. The highest BCUT2D eigenvalue weighted by atomic mass is 32.2. The summed E-state index contributed by atoms with van der Waals surface area (Å²) in [6.07, 6.45) is 2.40. The first-order valence-corrected chi connectivity index (χ1v) is 6.77. The highest BCUT2D eigenvalue weighted by Gasteiger charge is 2.14. The maximum Gasteiger partial charge on any atom is 0.0939 e. The lowest BCUT2D eigenvalue weighted by Gasteiger charge is -2.21. The topological polar surface area (TPSA) is 43.8 Å². The number of hydrogen-bond donors (Lipinski definition) is 1. The molecule has 0 atom stereocenters. The Balaban J connectivity index is 2.29. The zero-order chi connectivity index (χ0) is 12.2. The van der Waals surface area contributed by atoms with Crippen LogP contribution < -0.4 is 5.73 Å². The predicted octanol–water partition coefficient (Wildman–Crippen LogP) is 2.59. The van der Waals surface area contributed by atoms with E-state index in [1.807, 2.05) is 30.4 Å². The summed E-state index contributed by atoms with van der Waals surface area (Å²) in [5, 5.41) is 5.58. The molecule has 1 aromatic rings. The molecule has 92 valence electrons. The van der Waals surface area contributed by atoms with Crippen LogP contribution >= 0.6 is 11.8 Å². The molecule has 0 fully saturated rings. The molecule has 0 aliphatic carbocycles. The Morgan fingerprint density at radius 2 is 2.19 bits per heavy atom. The van der Waals surface area contributed by atoms with Crippen LogP contribution in [0.4, 0.5) is 0 Å². The fourth-order valence-electron chi connectivity index (χ4n) is 1.55. The molecule has 0 unspecified atom stereocenters. The van der Waals surface area contributed by atoms with E-state index in [0.29, 0.717) is 0 Å². The molecule has 1 rings (SSSR count). The van der Waals surface area contributed by atoms with Gasteiger partial charge in [-0.25, -0.2) is 0 Å². The van der Waals surface area contributed by atoms with E-state index in [1.54, 1.807) is 0 Å². The second kappa shape index (κ2) is 5.73. The quantitative estimate of drug-likeness (QED) is 0.615. The first-order chi connectivity index (χ1) is 7.44. The predicted molar refractivity (Wildman–Crippen MR) is 70.7 cm³/mol. The average Bonchev–Trinajstić information content (AvgIpc) is 2.52. The van der Waals surface area contributed by atoms with Crippen molar-refractivity contribution >= 4 is 11.8 Å². The molecular weight excluding hydrogens is 218 g/mol. The van der Waals surface area contributed by atoms with E-state index in [1.165, 1.54) is 17.9 Å². The molecule has 2 N–H and O–H groups in total. The first kappa shape index (κ1) is 13.6. The summed E-state index contributed by atoms with van der Waals surface area (Å²) in [4.78, 5) is 0. The fourth-order valence-corrected chi connectivity index (χ4v) is 2.53. The van der Waals surface area contributed by atoms with Crippen molar-refractivity contribution in [1.82, 2.24) is 9.78 Å². The Bertz CT molecular complexity index is 331.